The first kappa shape index (κ1) is 14.9. The normalized spacial score (nSPS) is 10.8. The first-order valence-electron chi connectivity index (χ1n) is 6.88. The Balaban J connectivity index is 1.66. The molecule has 0 spiro atoms. The summed E-state index contributed by atoms with van der Waals surface area (Å²) in [5.41, 5.74) is 2.50. The smallest absolute Gasteiger partial charge is 0.121 e. The van der Waals surface area contributed by atoms with Gasteiger partial charge in [-0.2, -0.15) is 11.3 Å². The molecule has 0 amide bonds. The summed E-state index contributed by atoms with van der Waals surface area (Å²) < 4.78 is 5.78. The molecule has 1 aromatic heterocycles. The lowest BCUT2D eigenvalue weighted by Crippen LogP contribution is -2.26. The maximum absolute atomic E-state index is 5.78. The van der Waals surface area contributed by atoms with E-state index in [0.29, 0.717) is 6.61 Å². The molecular formula is C16H22N2OS. The molecule has 1 heterocycles. The Morgan fingerprint density at radius 2 is 2.15 bits per heavy atom. The molecule has 0 radical (unpaired) electrons. The van der Waals surface area contributed by atoms with Crippen molar-refractivity contribution in [2.24, 2.45) is 0 Å². The number of anilines is 1. The van der Waals surface area contributed by atoms with Crippen LogP contribution in [0.3, 0.4) is 0 Å². The monoisotopic (exact) mass is 290 g/mol. The van der Waals surface area contributed by atoms with Crippen LogP contribution in [0.25, 0.3) is 0 Å². The predicted molar refractivity (Wildman–Crippen MR) is 87.0 cm³/mol. The van der Waals surface area contributed by atoms with Gasteiger partial charge in [-0.25, -0.2) is 0 Å². The number of benzene rings is 1. The third-order valence-corrected chi connectivity index (χ3v) is 3.96. The second-order valence-corrected chi connectivity index (χ2v) is 5.59. The summed E-state index contributed by atoms with van der Waals surface area (Å²) in [6, 6.07) is 10.2. The molecule has 0 aliphatic rings. The molecule has 4 heteroatoms. The van der Waals surface area contributed by atoms with Crippen LogP contribution < -0.4 is 10.1 Å². The minimum absolute atomic E-state index is 0.716. The van der Waals surface area contributed by atoms with Gasteiger partial charge >= 0.3 is 0 Å². The topological polar surface area (TPSA) is 24.5 Å². The first-order chi connectivity index (χ1) is 9.78. The van der Waals surface area contributed by atoms with Crippen molar-refractivity contribution in [3.8, 4) is 5.75 Å². The van der Waals surface area contributed by atoms with Crippen molar-refractivity contribution in [1.29, 1.82) is 0 Å². The van der Waals surface area contributed by atoms with Crippen molar-refractivity contribution in [2.45, 2.75) is 6.42 Å². The van der Waals surface area contributed by atoms with E-state index in [2.05, 4.69) is 34.1 Å². The maximum Gasteiger partial charge on any atom is 0.121 e. The van der Waals surface area contributed by atoms with E-state index < -0.39 is 0 Å². The molecule has 2 rings (SSSR count). The van der Waals surface area contributed by atoms with Crippen LogP contribution in [0.5, 0.6) is 5.75 Å². The molecule has 1 N–H and O–H groups in total. The Morgan fingerprint density at radius 3 is 2.90 bits per heavy atom. The third kappa shape index (κ3) is 4.87. The Hall–Kier alpha value is -1.52. The molecule has 0 atom stereocenters. The number of nitrogens with one attached hydrogen (secondary N) is 1. The SMILES string of the molecule is CNc1cccc(OCCN(C)CCc2ccsc2)c1. The van der Waals surface area contributed by atoms with Gasteiger partial charge < -0.3 is 15.0 Å². The summed E-state index contributed by atoms with van der Waals surface area (Å²) in [5.74, 6) is 0.920. The molecule has 0 fully saturated rings. The van der Waals surface area contributed by atoms with Gasteiger partial charge in [-0.15, -0.1) is 0 Å². The van der Waals surface area contributed by atoms with Crippen LogP contribution >= 0.6 is 11.3 Å². The number of hydrogen-bond donors (Lipinski definition) is 1. The summed E-state index contributed by atoms with van der Waals surface area (Å²) >= 11 is 1.76. The molecule has 1 aromatic carbocycles. The van der Waals surface area contributed by atoms with Gasteiger partial charge in [0.15, 0.2) is 0 Å². The highest BCUT2D eigenvalue weighted by Gasteiger charge is 2.01. The largest absolute Gasteiger partial charge is 0.492 e. The highest BCUT2D eigenvalue weighted by Crippen LogP contribution is 2.16. The van der Waals surface area contributed by atoms with E-state index in [9.17, 15) is 0 Å². The van der Waals surface area contributed by atoms with Gasteiger partial charge in [0.05, 0.1) is 0 Å². The summed E-state index contributed by atoms with van der Waals surface area (Å²) in [5, 5.41) is 7.46. The van der Waals surface area contributed by atoms with Crippen LogP contribution in [0.15, 0.2) is 41.1 Å². The zero-order valence-corrected chi connectivity index (χ0v) is 13.0. The molecule has 0 saturated carbocycles. The van der Waals surface area contributed by atoms with Gasteiger partial charge in [-0.3, -0.25) is 0 Å². The molecule has 0 unspecified atom stereocenters. The van der Waals surface area contributed by atoms with E-state index in [4.69, 9.17) is 4.74 Å². The number of ether oxygens (including phenoxy) is 1. The fourth-order valence-corrected chi connectivity index (χ4v) is 2.63. The first-order valence-corrected chi connectivity index (χ1v) is 7.82. The van der Waals surface area contributed by atoms with Crippen molar-refractivity contribution in [3.63, 3.8) is 0 Å². The summed E-state index contributed by atoms with van der Waals surface area (Å²) in [6.45, 7) is 2.72. The van der Waals surface area contributed by atoms with Crippen molar-refractivity contribution >= 4 is 17.0 Å². The van der Waals surface area contributed by atoms with E-state index in [1.54, 1.807) is 11.3 Å². The highest BCUT2D eigenvalue weighted by molar-refractivity contribution is 7.07. The Bertz CT molecular complexity index is 499. The second-order valence-electron chi connectivity index (χ2n) is 4.81. The molecule has 3 nitrogen and oxygen atoms in total. The van der Waals surface area contributed by atoms with Gasteiger partial charge in [0.2, 0.25) is 0 Å². The molecular weight excluding hydrogens is 268 g/mol. The summed E-state index contributed by atoms with van der Waals surface area (Å²) in [6.07, 6.45) is 1.11. The minimum Gasteiger partial charge on any atom is -0.492 e. The van der Waals surface area contributed by atoms with Gasteiger partial charge in [-0.05, 0) is 48.0 Å². The lowest BCUT2D eigenvalue weighted by atomic mass is 10.2. The van der Waals surface area contributed by atoms with Crippen LogP contribution in [0.2, 0.25) is 0 Å². The van der Waals surface area contributed by atoms with E-state index in [1.807, 2.05) is 31.3 Å². The standard InChI is InChI=1S/C16H22N2OS/c1-17-15-4-3-5-16(12-15)19-10-9-18(2)8-6-14-7-11-20-13-14/h3-5,7,11-13,17H,6,8-10H2,1-2H3. The summed E-state index contributed by atoms with van der Waals surface area (Å²) in [4.78, 5) is 2.31. The molecule has 2 aromatic rings. The fraction of sp³-hybridized carbons (Fsp3) is 0.375. The zero-order chi connectivity index (χ0) is 14.2. The van der Waals surface area contributed by atoms with E-state index >= 15 is 0 Å². The van der Waals surface area contributed by atoms with Gasteiger partial charge in [0.1, 0.15) is 12.4 Å². The van der Waals surface area contributed by atoms with Crippen LogP contribution in [-0.2, 0) is 6.42 Å². The second kappa shape index (κ2) is 7.92. The Kier molecular flexibility index (Phi) is 5.89. The van der Waals surface area contributed by atoms with Gasteiger partial charge in [0, 0.05) is 31.9 Å². The fourth-order valence-electron chi connectivity index (χ4n) is 1.93. The third-order valence-electron chi connectivity index (χ3n) is 3.23. The number of nitrogens with zero attached hydrogens (tertiary/aromatic N) is 1. The predicted octanol–water partition coefficient (Wildman–Crippen LogP) is 3.34. The molecule has 20 heavy (non-hydrogen) atoms. The Morgan fingerprint density at radius 1 is 1.25 bits per heavy atom. The van der Waals surface area contributed by atoms with Crippen molar-refractivity contribution in [3.05, 3.63) is 46.7 Å². The number of rotatable bonds is 8. The zero-order valence-electron chi connectivity index (χ0n) is 12.1. The van der Waals surface area contributed by atoms with Crippen molar-refractivity contribution in [1.82, 2.24) is 4.90 Å². The average molecular weight is 290 g/mol. The average Bonchev–Trinajstić information content (AvgIpc) is 2.99. The van der Waals surface area contributed by atoms with Crippen LogP contribution in [-0.4, -0.2) is 38.7 Å². The van der Waals surface area contributed by atoms with Crippen LogP contribution in [0.4, 0.5) is 5.69 Å². The molecule has 0 bridgehead atoms. The van der Waals surface area contributed by atoms with Gasteiger partial charge in [0.25, 0.3) is 0 Å². The van der Waals surface area contributed by atoms with E-state index in [1.165, 1.54) is 5.56 Å². The molecule has 108 valence electrons. The van der Waals surface area contributed by atoms with Crippen molar-refractivity contribution < 1.29 is 4.74 Å². The number of thiophene rings is 1. The van der Waals surface area contributed by atoms with Crippen molar-refractivity contribution in [2.75, 3.05) is 39.1 Å². The quantitative estimate of drug-likeness (QED) is 0.807. The number of likely N-dealkylation sites (N-methyl/N-ethyl adjacent to an activating group) is 1. The van der Waals surface area contributed by atoms with Crippen LogP contribution in [0, 0.1) is 0 Å². The summed E-state index contributed by atoms with van der Waals surface area (Å²) in [7, 11) is 4.05. The maximum atomic E-state index is 5.78. The van der Waals surface area contributed by atoms with Gasteiger partial charge in [-0.1, -0.05) is 6.07 Å². The van der Waals surface area contributed by atoms with E-state index in [-0.39, 0.29) is 0 Å². The highest BCUT2D eigenvalue weighted by atomic mass is 32.1. The van der Waals surface area contributed by atoms with Crippen LogP contribution in [0.1, 0.15) is 5.56 Å². The van der Waals surface area contributed by atoms with E-state index in [0.717, 1.165) is 30.9 Å². The minimum atomic E-state index is 0.716. The lowest BCUT2D eigenvalue weighted by molar-refractivity contribution is 0.239. The number of hydrogen-bond acceptors (Lipinski definition) is 4. The lowest BCUT2D eigenvalue weighted by Gasteiger charge is -2.16. The molecule has 0 aliphatic carbocycles. The Labute approximate surface area is 125 Å². The molecule has 0 saturated heterocycles. The molecule has 0 aliphatic heterocycles.